The van der Waals surface area contributed by atoms with Gasteiger partial charge in [-0.1, -0.05) is 23.7 Å². The Balaban J connectivity index is 1.77. The first-order valence-electron chi connectivity index (χ1n) is 8.63. The number of halogens is 1. The van der Waals surface area contributed by atoms with E-state index in [1.54, 1.807) is 26.2 Å². The molecule has 0 saturated carbocycles. The van der Waals surface area contributed by atoms with Gasteiger partial charge in [-0.15, -0.1) is 11.3 Å². The van der Waals surface area contributed by atoms with Gasteiger partial charge in [0.25, 0.3) is 0 Å². The highest BCUT2D eigenvalue weighted by Crippen LogP contribution is 2.29. The predicted molar refractivity (Wildman–Crippen MR) is 109 cm³/mol. The average Bonchev–Trinajstić information content (AvgIpc) is 3.01. The van der Waals surface area contributed by atoms with Gasteiger partial charge in [0.15, 0.2) is 0 Å². The number of rotatable bonds is 6. The van der Waals surface area contributed by atoms with Crippen LogP contribution in [0.4, 0.5) is 10.6 Å². The Morgan fingerprint density at radius 3 is 2.70 bits per heavy atom. The Morgan fingerprint density at radius 2 is 2.04 bits per heavy atom. The van der Waals surface area contributed by atoms with Crippen LogP contribution in [0.2, 0.25) is 5.02 Å². The molecule has 6 nitrogen and oxygen atoms in total. The van der Waals surface area contributed by atoms with E-state index in [9.17, 15) is 9.59 Å². The van der Waals surface area contributed by atoms with Crippen molar-refractivity contribution in [3.05, 3.63) is 34.2 Å². The zero-order valence-electron chi connectivity index (χ0n) is 15.9. The minimum absolute atomic E-state index is 0.153. The van der Waals surface area contributed by atoms with Crippen molar-refractivity contribution in [1.29, 1.82) is 0 Å². The van der Waals surface area contributed by atoms with Crippen LogP contribution in [0.25, 0.3) is 10.6 Å². The van der Waals surface area contributed by atoms with E-state index in [1.807, 2.05) is 25.1 Å². The van der Waals surface area contributed by atoms with Crippen molar-refractivity contribution < 1.29 is 14.3 Å². The SMILES string of the molecule is Cc1ccc(-c2nc(NC(=O)CCCNC(=O)OC(C)(C)C)cs2)cc1Cl. The number of carbonyl (C=O) groups excluding carboxylic acids is 2. The van der Waals surface area contributed by atoms with Crippen LogP contribution in [0, 0.1) is 6.92 Å². The smallest absolute Gasteiger partial charge is 0.407 e. The number of nitrogens with one attached hydrogen (secondary N) is 2. The maximum atomic E-state index is 12.0. The molecule has 27 heavy (non-hydrogen) atoms. The lowest BCUT2D eigenvalue weighted by molar-refractivity contribution is -0.116. The molecule has 0 fully saturated rings. The molecule has 0 aliphatic heterocycles. The number of nitrogens with zero attached hydrogens (tertiary/aromatic N) is 1. The van der Waals surface area contributed by atoms with Gasteiger partial charge in [-0.05, 0) is 45.7 Å². The van der Waals surface area contributed by atoms with Crippen molar-refractivity contribution in [2.24, 2.45) is 0 Å². The van der Waals surface area contributed by atoms with Gasteiger partial charge in [0.05, 0.1) is 0 Å². The molecule has 1 heterocycles. The molecular weight excluding hydrogens is 386 g/mol. The zero-order chi connectivity index (χ0) is 20.0. The van der Waals surface area contributed by atoms with Crippen LogP contribution >= 0.6 is 22.9 Å². The van der Waals surface area contributed by atoms with E-state index in [0.717, 1.165) is 16.1 Å². The van der Waals surface area contributed by atoms with E-state index in [4.69, 9.17) is 16.3 Å². The van der Waals surface area contributed by atoms with Crippen molar-refractivity contribution >= 4 is 40.8 Å². The summed E-state index contributed by atoms with van der Waals surface area (Å²) in [6, 6.07) is 5.76. The summed E-state index contributed by atoms with van der Waals surface area (Å²) < 4.78 is 5.13. The fraction of sp³-hybridized carbons (Fsp3) is 0.421. The molecule has 0 aliphatic carbocycles. The molecular formula is C19H24ClN3O3S. The van der Waals surface area contributed by atoms with E-state index >= 15 is 0 Å². The zero-order valence-corrected chi connectivity index (χ0v) is 17.5. The van der Waals surface area contributed by atoms with E-state index < -0.39 is 11.7 Å². The molecule has 0 aliphatic rings. The topological polar surface area (TPSA) is 80.3 Å². The molecule has 2 aromatic rings. The maximum Gasteiger partial charge on any atom is 0.407 e. The van der Waals surface area contributed by atoms with Crippen LogP contribution in [0.1, 0.15) is 39.2 Å². The minimum Gasteiger partial charge on any atom is -0.444 e. The third-order valence-electron chi connectivity index (χ3n) is 3.44. The van der Waals surface area contributed by atoms with Crippen molar-refractivity contribution in [2.45, 2.75) is 46.1 Å². The van der Waals surface area contributed by atoms with E-state index in [0.29, 0.717) is 23.8 Å². The largest absolute Gasteiger partial charge is 0.444 e. The van der Waals surface area contributed by atoms with Gasteiger partial charge in [0.2, 0.25) is 5.91 Å². The lowest BCUT2D eigenvalue weighted by Crippen LogP contribution is -2.33. The Labute approximate surface area is 168 Å². The highest BCUT2D eigenvalue weighted by atomic mass is 35.5. The Bertz CT molecular complexity index is 815. The number of carbonyl (C=O) groups is 2. The second-order valence-electron chi connectivity index (χ2n) is 7.08. The van der Waals surface area contributed by atoms with Gasteiger partial charge in [-0.25, -0.2) is 9.78 Å². The summed E-state index contributed by atoms with van der Waals surface area (Å²) in [5.74, 6) is 0.358. The minimum atomic E-state index is -0.536. The Morgan fingerprint density at radius 1 is 1.30 bits per heavy atom. The maximum absolute atomic E-state index is 12.0. The van der Waals surface area contributed by atoms with Crippen molar-refractivity contribution in [3.63, 3.8) is 0 Å². The second-order valence-corrected chi connectivity index (χ2v) is 8.35. The summed E-state index contributed by atoms with van der Waals surface area (Å²) in [7, 11) is 0. The van der Waals surface area contributed by atoms with Gasteiger partial charge in [0, 0.05) is 28.9 Å². The summed E-state index contributed by atoms with van der Waals surface area (Å²) >= 11 is 7.59. The van der Waals surface area contributed by atoms with Crippen molar-refractivity contribution in [2.75, 3.05) is 11.9 Å². The molecule has 0 spiro atoms. The van der Waals surface area contributed by atoms with Gasteiger partial charge >= 0.3 is 6.09 Å². The van der Waals surface area contributed by atoms with E-state index in [-0.39, 0.29) is 12.3 Å². The molecule has 2 N–H and O–H groups in total. The average molecular weight is 410 g/mol. The lowest BCUT2D eigenvalue weighted by Gasteiger charge is -2.19. The summed E-state index contributed by atoms with van der Waals surface area (Å²) in [6.45, 7) is 7.70. The van der Waals surface area contributed by atoms with Crippen LogP contribution in [-0.2, 0) is 9.53 Å². The number of benzene rings is 1. The Kier molecular flexibility index (Phi) is 7.21. The molecule has 0 saturated heterocycles. The second kappa shape index (κ2) is 9.19. The number of hydrogen-bond acceptors (Lipinski definition) is 5. The molecule has 2 rings (SSSR count). The number of anilines is 1. The number of aryl methyl sites for hydroxylation is 1. The number of alkyl carbamates (subject to hydrolysis) is 1. The van der Waals surface area contributed by atoms with Gasteiger partial charge in [-0.2, -0.15) is 0 Å². The molecule has 146 valence electrons. The normalized spacial score (nSPS) is 11.1. The Hall–Kier alpha value is -2.12. The molecule has 0 bridgehead atoms. The predicted octanol–water partition coefficient (Wildman–Crippen LogP) is 5.02. The van der Waals surface area contributed by atoms with Crippen molar-refractivity contribution in [3.8, 4) is 10.6 Å². The molecule has 0 radical (unpaired) electrons. The van der Waals surface area contributed by atoms with Crippen LogP contribution in [0.15, 0.2) is 23.6 Å². The molecule has 0 unspecified atom stereocenters. The molecule has 2 amide bonds. The fourth-order valence-electron chi connectivity index (χ4n) is 2.15. The number of hydrogen-bond donors (Lipinski definition) is 2. The summed E-state index contributed by atoms with van der Waals surface area (Å²) in [6.07, 6.45) is 0.304. The third-order valence-corrected chi connectivity index (χ3v) is 4.74. The lowest BCUT2D eigenvalue weighted by atomic mass is 10.1. The fourth-order valence-corrected chi connectivity index (χ4v) is 3.08. The quantitative estimate of drug-likeness (QED) is 0.656. The molecule has 1 aromatic carbocycles. The highest BCUT2D eigenvalue weighted by Gasteiger charge is 2.15. The molecule has 8 heteroatoms. The number of thiazole rings is 1. The third kappa shape index (κ3) is 7.19. The molecule has 0 atom stereocenters. The van der Waals surface area contributed by atoms with Crippen LogP contribution in [0.5, 0.6) is 0 Å². The van der Waals surface area contributed by atoms with Gasteiger partial charge < -0.3 is 15.4 Å². The van der Waals surface area contributed by atoms with Gasteiger partial charge in [0.1, 0.15) is 16.4 Å². The van der Waals surface area contributed by atoms with Crippen LogP contribution in [-0.4, -0.2) is 29.1 Å². The molecule has 1 aromatic heterocycles. The summed E-state index contributed by atoms with van der Waals surface area (Å²) in [5, 5.41) is 8.66. The first-order valence-corrected chi connectivity index (χ1v) is 9.88. The number of ether oxygens (including phenoxy) is 1. The first-order chi connectivity index (χ1) is 12.6. The van der Waals surface area contributed by atoms with E-state index in [2.05, 4.69) is 15.6 Å². The number of amides is 2. The van der Waals surface area contributed by atoms with Gasteiger partial charge in [-0.3, -0.25) is 4.79 Å². The highest BCUT2D eigenvalue weighted by molar-refractivity contribution is 7.13. The van der Waals surface area contributed by atoms with Crippen molar-refractivity contribution in [1.82, 2.24) is 10.3 Å². The van der Waals surface area contributed by atoms with Crippen LogP contribution < -0.4 is 10.6 Å². The first kappa shape index (κ1) is 21.2. The number of aromatic nitrogens is 1. The summed E-state index contributed by atoms with van der Waals surface area (Å²) in [5.41, 5.74) is 1.38. The van der Waals surface area contributed by atoms with Crippen LogP contribution in [0.3, 0.4) is 0 Å². The van der Waals surface area contributed by atoms with E-state index in [1.165, 1.54) is 11.3 Å². The standard InChI is InChI=1S/C19H24ClN3O3S/c1-12-7-8-13(10-14(12)20)17-23-15(11-27-17)22-16(24)6-5-9-21-18(25)26-19(2,3)4/h7-8,10-11H,5-6,9H2,1-4H3,(H,21,25)(H,22,24). The monoisotopic (exact) mass is 409 g/mol. The summed E-state index contributed by atoms with van der Waals surface area (Å²) in [4.78, 5) is 28.0.